The Labute approximate surface area is 110 Å². The second-order valence-corrected chi connectivity index (χ2v) is 4.08. The third-order valence-electron chi connectivity index (χ3n) is 2.86. The molecule has 5 heteroatoms. The van der Waals surface area contributed by atoms with E-state index in [4.69, 9.17) is 0 Å². The second kappa shape index (κ2) is 4.99. The van der Waals surface area contributed by atoms with Crippen LogP contribution in [0.25, 0.3) is 5.69 Å². The summed E-state index contributed by atoms with van der Waals surface area (Å²) in [5.41, 5.74) is 1.60. The molecule has 3 aromatic rings. The quantitative estimate of drug-likeness (QED) is 0.771. The Morgan fingerprint density at radius 3 is 2.63 bits per heavy atom. The van der Waals surface area contributed by atoms with Crippen molar-refractivity contribution in [2.24, 2.45) is 0 Å². The van der Waals surface area contributed by atoms with Gasteiger partial charge in [0.2, 0.25) is 0 Å². The van der Waals surface area contributed by atoms with Crippen molar-refractivity contribution < 1.29 is 5.11 Å². The molecule has 94 valence electrons. The van der Waals surface area contributed by atoms with E-state index in [0.29, 0.717) is 5.82 Å². The van der Waals surface area contributed by atoms with Gasteiger partial charge in [0.15, 0.2) is 5.82 Å². The lowest BCUT2D eigenvalue weighted by Gasteiger charge is -2.12. The third kappa shape index (κ3) is 2.23. The zero-order valence-corrected chi connectivity index (χ0v) is 10.1. The van der Waals surface area contributed by atoms with E-state index in [2.05, 4.69) is 15.2 Å². The molecule has 0 saturated heterocycles. The van der Waals surface area contributed by atoms with Crippen LogP contribution in [0.5, 0.6) is 0 Å². The molecule has 0 saturated carbocycles. The van der Waals surface area contributed by atoms with Crippen molar-refractivity contribution in [1.82, 2.24) is 19.7 Å². The molecule has 0 amide bonds. The first-order valence-corrected chi connectivity index (χ1v) is 5.89. The van der Waals surface area contributed by atoms with Crippen LogP contribution in [0.1, 0.15) is 17.5 Å². The highest BCUT2D eigenvalue weighted by molar-refractivity contribution is 5.31. The summed E-state index contributed by atoms with van der Waals surface area (Å²) in [5, 5.41) is 18.3. The molecule has 0 fully saturated rings. The maximum absolute atomic E-state index is 10.4. The molecule has 0 radical (unpaired) electrons. The van der Waals surface area contributed by atoms with Crippen molar-refractivity contribution in [3.63, 3.8) is 0 Å². The topological polar surface area (TPSA) is 63.8 Å². The smallest absolute Gasteiger partial charge is 0.171 e. The van der Waals surface area contributed by atoms with Gasteiger partial charge in [0, 0.05) is 6.20 Å². The molecule has 0 aliphatic heterocycles. The number of aliphatic hydroxyl groups excluding tert-OH is 1. The Morgan fingerprint density at radius 2 is 1.89 bits per heavy atom. The molecule has 0 aliphatic carbocycles. The third-order valence-corrected chi connectivity index (χ3v) is 2.86. The fraction of sp³-hybridized carbons (Fsp3) is 0.0714. The second-order valence-electron chi connectivity index (χ2n) is 4.08. The number of pyridine rings is 1. The predicted octanol–water partition coefficient (Wildman–Crippen LogP) is 1.74. The van der Waals surface area contributed by atoms with Crippen LogP contribution >= 0.6 is 0 Å². The Bertz CT molecular complexity index is 651. The highest BCUT2D eigenvalue weighted by atomic mass is 16.3. The maximum atomic E-state index is 10.4. The summed E-state index contributed by atoms with van der Waals surface area (Å²) in [6.07, 6.45) is 4.15. The van der Waals surface area contributed by atoms with Crippen LogP contribution in [0.15, 0.2) is 61.2 Å². The van der Waals surface area contributed by atoms with E-state index in [1.54, 1.807) is 23.3 Å². The number of hydrogen-bond acceptors (Lipinski definition) is 4. The fourth-order valence-electron chi connectivity index (χ4n) is 1.91. The molecule has 0 unspecified atom stereocenters. The van der Waals surface area contributed by atoms with Gasteiger partial charge in [0.1, 0.15) is 12.4 Å². The summed E-state index contributed by atoms with van der Waals surface area (Å²) in [4.78, 5) is 4.06. The van der Waals surface area contributed by atoms with Crippen LogP contribution in [-0.4, -0.2) is 24.9 Å². The molecule has 3 rings (SSSR count). The van der Waals surface area contributed by atoms with Gasteiger partial charge in [0.05, 0.1) is 11.9 Å². The van der Waals surface area contributed by atoms with Crippen LogP contribution < -0.4 is 0 Å². The lowest BCUT2D eigenvalue weighted by molar-refractivity contribution is 0.207. The molecule has 0 bridgehead atoms. The minimum Gasteiger partial charge on any atom is -0.380 e. The first-order chi connectivity index (χ1) is 9.36. The van der Waals surface area contributed by atoms with Crippen molar-refractivity contribution in [1.29, 1.82) is 0 Å². The standard InChI is InChI=1S/C14H12N4O/c19-13(11-5-2-1-3-6-11)14-17-16-10-18(14)12-7-4-8-15-9-12/h1-10,13,19H/t13-/m1/s1. The van der Waals surface area contributed by atoms with Crippen molar-refractivity contribution in [2.45, 2.75) is 6.10 Å². The molecule has 1 N–H and O–H groups in total. The fourth-order valence-corrected chi connectivity index (χ4v) is 1.91. The largest absolute Gasteiger partial charge is 0.380 e. The van der Waals surface area contributed by atoms with Crippen LogP contribution in [0, 0.1) is 0 Å². The number of rotatable bonds is 3. The molecule has 0 aliphatic rings. The highest BCUT2D eigenvalue weighted by Crippen LogP contribution is 2.21. The van der Waals surface area contributed by atoms with Gasteiger partial charge in [-0.2, -0.15) is 0 Å². The summed E-state index contributed by atoms with van der Waals surface area (Å²) in [5.74, 6) is 0.471. The minimum absolute atomic E-state index is 0.471. The van der Waals surface area contributed by atoms with Gasteiger partial charge in [-0.3, -0.25) is 9.55 Å². The zero-order valence-electron chi connectivity index (χ0n) is 10.1. The lowest BCUT2D eigenvalue weighted by atomic mass is 10.1. The van der Waals surface area contributed by atoms with E-state index in [-0.39, 0.29) is 0 Å². The van der Waals surface area contributed by atoms with Crippen molar-refractivity contribution >= 4 is 0 Å². The summed E-state index contributed by atoms with van der Waals surface area (Å²) in [7, 11) is 0. The summed E-state index contributed by atoms with van der Waals surface area (Å²) in [6, 6.07) is 13.1. The van der Waals surface area contributed by atoms with Gasteiger partial charge in [-0.25, -0.2) is 0 Å². The Morgan fingerprint density at radius 1 is 1.05 bits per heavy atom. The maximum Gasteiger partial charge on any atom is 0.171 e. The Hall–Kier alpha value is -2.53. The predicted molar refractivity (Wildman–Crippen MR) is 69.7 cm³/mol. The van der Waals surface area contributed by atoms with Gasteiger partial charge in [0.25, 0.3) is 0 Å². The summed E-state index contributed by atoms with van der Waals surface area (Å²) >= 11 is 0. The van der Waals surface area contributed by atoms with Gasteiger partial charge in [-0.05, 0) is 17.7 Å². The van der Waals surface area contributed by atoms with E-state index < -0.39 is 6.10 Å². The lowest BCUT2D eigenvalue weighted by Crippen LogP contribution is -2.08. The first-order valence-electron chi connectivity index (χ1n) is 5.89. The number of aliphatic hydroxyl groups is 1. The normalized spacial score (nSPS) is 12.3. The average Bonchev–Trinajstić information content (AvgIpc) is 2.98. The average molecular weight is 252 g/mol. The number of aromatic nitrogens is 4. The molecule has 2 heterocycles. The zero-order chi connectivity index (χ0) is 13.1. The van der Waals surface area contributed by atoms with Crippen LogP contribution in [0.2, 0.25) is 0 Å². The molecule has 0 spiro atoms. The molecule has 1 atom stereocenters. The van der Waals surface area contributed by atoms with Gasteiger partial charge in [-0.15, -0.1) is 10.2 Å². The van der Waals surface area contributed by atoms with E-state index in [9.17, 15) is 5.11 Å². The number of nitrogens with zero attached hydrogens (tertiary/aromatic N) is 4. The molecular formula is C14H12N4O. The summed E-state index contributed by atoms with van der Waals surface area (Å²) in [6.45, 7) is 0. The van der Waals surface area contributed by atoms with Crippen molar-refractivity contribution in [2.75, 3.05) is 0 Å². The molecular weight excluding hydrogens is 240 g/mol. The van der Waals surface area contributed by atoms with E-state index in [1.807, 2.05) is 42.5 Å². The minimum atomic E-state index is -0.816. The molecule has 5 nitrogen and oxygen atoms in total. The molecule has 1 aromatic carbocycles. The molecule has 2 aromatic heterocycles. The number of benzene rings is 1. The SMILES string of the molecule is O[C@H](c1ccccc1)c1nncn1-c1cccnc1. The van der Waals surface area contributed by atoms with Crippen LogP contribution in [-0.2, 0) is 0 Å². The Kier molecular flexibility index (Phi) is 3.04. The van der Waals surface area contributed by atoms with Gasteiger partial charge >= 0.3 is 0 Å². The van der Waals surface area contributed by atoms with Crippen LogP contribution in [0.3, 0.4) is 0 Å². The van der Waals surface area contributed by atoms with Crippen molar-refractivity contribution in [3.05, 3.63) is 72.6 Å². The van der Waals surface area contributed by atoms with E-state index >= 15 is 0 Å². The molecule has 19 heavy (non-hydrogen) atoms. The van der Waals surface area contributed by atoms with Gasteiger partial charge < -0.3 is 5.11 Å². The summed E-state index contributed by atoms with van der Waals surface area (Å²) < 4.78 is 1.73. The van der Waals surface area contributed by atoms with Gasteiger partial charge in [-0.1, -0.05) is 30.3 Å². The van der Waals surface area contributed by atoms with E-state index in [1.165, 1.54) is 0 Å². The highest BCUT2D eigenvalue weighted by Gasteiger charge is 2.17. The Balaban J connectivity index is 2.01. The monoisotopic (exact) mass is 252 g/mol. The van der Waals surface area contributed by atoms with Crippen molar-refractivity contribution in [3.8, 4) is 5.69 Å². The first kappa shape index (κ1) is 11.6. The number of hydrogen-bond donors (Lipinski definition) is 1. The van der Waals surface area contributed by atoms with E-state index in [0.717, 1.165) is 11.3 Å². The van der Waals surface area contributed by atoms with Crippen LogP contribution in [0.4, 0.5) is 0 Å².